The average molecular weight is 267 g/mol. The van der Waals surface area contributed by atoms with Crippen molar-refractivity contribution in [1.29, 1.82) is 0 Å². The molecule has 19 heavy (non-hydrogen) atoms. The van der Waals surface area contributed by atoms with Crippen molar-refractivity contribution in [1.82, 2.24) is 15.1 Å². The highest BCUT2D eigenvalue weighted by atomic mass is 16.2. The van der Waals surface area contributed by atoms with Crippen LogP contribution in [0.3, 0.4) is 0 Å². The molecular weight excluding hydrogens is 238 g/mol. The molecular formula is C15H29N3O. The van der Waals surface area contributed by atoms with Crippen LogP contribution in [0.5, 0.6) is 0 Å². The number of carbonyl (C=O) groups is 1. The molecule has 1 aliphatic carbocycles. The molecule has 1 heterocycles. The minimum absolute atomic E-state index is 0.0225. The second-order valence-corrected chi connectivity index (χ2v) is 6.96. The third-order valence-electron chi connectivity index (χ3n) is 4.90. The van der Waals surface area contributed by atoms with Gasteiger partial charge in [0.25, 0.3) is 0 Å². The molecule has 2 aliphatic rings. The van der Waals surface area contributed by atoms with Crippen molar-refractivity contribution in [3.63, 3.8) is 0 Å². The van der Waals surface area contributed by atoms with Gasteiger partial charge < -0.3 is 9.80 Å². The summed E-state index contributed by atoms with van der Waals surface area (Å²) < 4.78 is 0. The normalized spacial score (nSPS) is 30.3. The Labute approximate surface area is 117 Å². The molecule has 1 aliphatic heterocycles. The molecule has 0 aromatic rings. The topological polar surface area (TPSA) is 35.6 Å². The van der Waals surface area contributed by atoms with Crippen LogP contribution in [0.25, 0.3) is 0 Å². The predicted molar refractivity (Wildman–Crippen MR) is 77.8 cm³/mol. The van der Waals surface area contributed by atoms with E-state index >= 15 is 0 Å². The first kappa shape index (κ1) is 14.8. The van der Waals surface area contributed by atoms with E-state index in [0.717, 1.165) is 13.0 Å². The number of nitrogens with one attached hydrogen (secondary N) is 1. The number of amides is 1. The van der Waals surface area contributed by atoms with Crippen LogP contribution in [-0.2, 0) is 4.79 Å². The summed E-state index contributed by atoms with van der Waals surface area (Å²) in [5.41, 5.74) is 0.221. The SMILES string of the molecule is CC(C)CC1NC(C)N(CC2(N(C)C)CCC2)C1=O. The van der Waals surface area contributed by atoms with Gasteiger partial charge in [-0.3, -0.25) is 10.1 Å². The Balaban J connectivity index is 2.02. The molecule has 0 aromatic heterocycles. The van der Waals surface area contributed by atoms with Crippen LogP contribution >= 0.6 is 0 Å². The third kappa shape index (κ3) is 2.79. The minimum atomic E-state index is 0.0225. The molecule has 1 amide bonds. The second kappa shape index (κ2) is 5.41. The number of hydrogen-bond acceptors (Lipinski definition) is 3. The lowest BCUT2D eigenvalue weighted by atomic mass is 9.75. The number of likely N-dealkylation sites (N-methyl/N-ethyl adjacent to an activating group) is 1. The van der Waals surface area contributed by atoms with E-state index in [1.54, 1.807) is 0 Å². The molecule has 2 rings (SSSR count). The molecule has 0 aromatic carbocycles. The summed E-state index contributed by atoms with van der Waals surface area (Å²) >= 11 is 0. The number of hydrogen-bond donors (Lipinski definition) is 1. The molecule has 4 heteroatoms. The molecule has 1 N–H and O–H groups in total. The molecule has 110 valence electrons. The first-order valence-corrected chi connectivity index (χ1v) is 7.60. The Kier molecular flexibility index (Phi) is 4.21. The highest BCUT2D eigenvalue weighted by Gasteiger charge is 2.45. The monoisotopic (exact) mass is 267 g/mol. The number of nitrogens with zero attached hydrogens (tertiary/aromatic N) is 2. The van der Waals surface area contributed by atoms with E-state index in [0.29, 0.717) is 11.8 Å². The first-order valence-electron chi connectivity index (χ1n) is 7.60. The summed E-state index contributed by atoms with van der Waals surface area (Å²) in [7, 11) is 4.28. The van der Waals surface area contributed by atoms with Crippen molar-refractivity contribution < 1.29 is 4.79 Å². The predicted octanol–water partition coefficient (Wildman–Crippen LogP) is 1.66. The van der Waals surface area contributed by atoms with E-state index < -0.39 is 0 Å². The van der Waals surface area contributed by atoms with Gasteiger partial charge in [0.2, 0.25) is 5.91 Å². The summed E-state index contributed by atoms with van der Waals surface area (Å²) in [5, 5.41) is 3.45. The van der Waals surface area contributed by atoms with Gasteiger partial charge in [0.05, 0.1) is 12.2 Å². The maximum atomic E-state index is 12.5. The fourth-order valence-corrected chi connectivity index (χ4v) is 3.35. The summed E-state index contributed by atoms with van der Waals surface area (Å²) in [6.07, 6.45) is 4.83. The molecule has 2 fully saturated rings. The lowest BCUT2D eigenvalue weighted by molar-refractivity contribution is -0.133. The summed E-state index contributed by atoms with van der Waals surface area (Å²) in [5.74, 6) is 0.856. The zero-order valence-corrected chi connectivity index (χ0v) is 13.1. The van der Waals surface area contributed by atoms with Gasteiger partial charge in [-0.1, -0.05) is 13.8 Å². The van der Waals surface area contributed by atoms with Gasteiger partial charge >= 0.3 is 0 Å². The summed E-state index contributed by atoms with van der Waals surface area (Å²) in [6, 6.07) is 0.0225. The number of rotatable bonds is 5. The van der Waals surface area contributed by atoms with E-state index in [2.05, 4.69) is 50.0 Å². The van der Waals surface area contributed by atoms with E-state index in [4.69, 9.17) is 0 Å². The summed E-state index contributed by atoms with van der Waals surface area (Å²) in [6.45, 7) is 7.34. The molecule has 2 atom stereocenters. The van der Waals surface area contributed by atoms with E-state index in [9.17, 15) is 4.79 Å². The van der Waals surface area contributed by atoms with Crippen molar-refractivity contribution in [3.05, 3.63) is 0 Å². The fraction of sp³-hybridized carbons (Fsp3) is 0.933. The Morgan fingerprint density at radius 2 is 2.05 bits per heavy atom. The van der Waals surface area contributed by atoms with Crippen LogP contribution in [0, 0.1) is 5.92 Å². The molecule has 1 saturated carbocycles. The molecule has 0 bridgehead atoms. The van der Waals surface area contributed by atoms with Crippen molar-refractivity contribution in [2.45, 2.75) is 64.2 Å². The lowest BCUT2D eigenvalue weighted by Crippen LogP contribution is -2.58. The average Bonchev–Trinajstić information content (AvgIpc) is 2.48. The van der Waals surface area contributed by atoms with Gasteiger partial charge in [-0.15, -0.1) is 0 Å². The van der Waals surface area contributed by atoms with E-state index in [1.165, 1.54) is 19.3 Å². The van der Waals surface area contributed by atoms with E-state index in [-0.39, 0.29) is 17.7 Å². The molecule has 0 spiro atoms. The summed E-state index contributed by atoms with van der Waals surface area (Å²) in [4.78, 5) is 16.9. The maximum Gasteiger partial charge on any atom is 0.241 e. The van der Waals surface area contributed by atoms with Crippen LogP contribution < -0.4 is 5.32 Å². The Morgan fingerprint density at radius 3 is 2.47 bits per heavy atom. The van der Waals surface area contributed by atoms with Crippen molar-refractivity contribution >= 4 is 5.91 Å². The largest absolute Gasteiger partial charge is 0.324 e. The zero-order chi connectivity index (χ0) is 14.2. The van der Waals surface area contributed by atoms with Gasteiger partial charge in [0.15, 0.2) is 0 Å². The van der Waals surface area contributed by atoms with Crippen LogP contribution in [-0.4, -0.2) is 54.1 Å². The molecule has 1 saturated heterocycles. The second-order valence-electron chi connectivity index (χ2n) is 6.96. The van der Waals surface area contributed by atoms with Crippen molar-refractivity contribution in [3.8, 4) is 0 Å². The standard InChI is InChI=1S/C15H29N3O/c1-11(2)9-13-14(19)18(12(3)16-13)10-15(17(4)5)7-6-8-15/h11-13,16H,6-10H2,1-5H3. The van der Waals surface area contributed by atoms with Crippen LogP contribution in [0.15, 0.2) is 0 Å². The highest BCUT2D eigenvalue weighted by molar-refractivity contribution is 5.84. The Hall–Kier alpha value is -0.610. The lowest BCUT2D eigenvalue weighted by Gasteiger charge is -2.49. The number of carbonyl (C=O) groups excluding carboxylic acids is 1. The highest BCUT2D eigenvalue weighted by Crippen LogP contribution is 2.38. The van der Waals surface area contributed by atoms with Gasteiger partial charge in [0, 0.05) is 12.1 Å². The van der Waals surface area contributed by atoms with Crippen molar-refractivity contribution in [2.75, 3.05) is 20.6 Å². The molecule has 0 radical (unpaired) electrons. The first-order chi connectivity index (χ1) is 8.85. The third-order valence-corrected chi connectivity index (χ3v) is 4.90. The van der Waals surface area contributed by atoms with Crippen molar-refractivity contribution in [2.24, 2.45) is 5.92 Å². The van der Waals surface area contributed by atoms with Gasteiger partial charge in [-0.25, -0.2) is 0 Å². The zero-order valence-electron chi connectivity index (χ0n) is 13.1. The smallest absolute Gasteiger partial charge is 0.241 e. The molecule has 2 unspecified atom stereocenters. The quantitative estimate of drug-likeness (QED) is 0.823. The van der Waals surface area contributed by atoms with Gasteiger partial charge in [-0.2, -0.15) is 0 Å². The Morgan fingerprint density at radius 1 is 1.42 bits per heavy atom. The van der Waals surface area contributed by atoms with Gasteiger partial charge in [-0.05, 0) is 52.6 Å². The van der Waals surface area contributed by atoms with Crippen LogP contribution in [0.4, 0.5) is 0 Å². The van der Waals surface area contributed by atoms with Crippen LogP contribution in [0.1, 0.15) is 46.5 Å². The van der Waals surface area contributed by atoms with Crippen LogP contribution in [0.2, 0.25) is 0 Å². The fourth-order valence-electron chi connectivity index (χ4n) is 3.35. The van der Waals surface area contributed by atoms with Gasteiger partial charge in [0.1, 0.15) is 0 Å². The maximum absolute atomic E-state index is 12.5. The van der Waals surface area contributed by atoms with E-state index in [1.807, 2.05) is 0 Å². The Bertz CT molecular complexity index is 336. The minimum Gasteiger partial charge on any atom is -0.324 e. The molecule has 4 nitrogen and oxygen atoms in total.